The lowest BCUT2D eigenvalue weighted by Crippen LogP contribution is -2.09. The van der Waals surface area contributed by atoms with Crippen molar-refractivity contribution in [2.24, 2.45) is 5.73 Å². The Morgan fingerprint density at radius 2 is 2.15 bits per heavy atom. The van der Waals surface area contributed by atoms with Crippen LogP contribution in [0.25, 0.3) is 0 Å². The first-order valence-electron chi connectivity index (χ1n) is 6.46. The first kappa shape index (κ1) is 12.7. The van der Waals surface area contributed by atoms with Crippen LogP contribution >= 0.6 is 0 Å². The molecule has 5 nitrogen and oxygen atoms in total. The van der Waals surface area contributed by atoms with E-state index in [1.807, 2.05) is 37.3 Å². The molecular weight excluding hydrogens is 256 g/mol. The smallest absolute Gasteiger partial charge is 0.231 e. The van der Waals surface area contributed by atoms with Crippen LogP contribution in [0.1, 0.15) is 24.1 Å². The normalized spacial score (nSPS) is 14.1. The van der Waals surface area contributed by atoms with Crippen molar-refractivity contribution in [2.45, 2.75) is 19.6 Å². The van der Waals surface area contributed by atoms with Crippen molar-refractivity contribution in [1.29, 1.82) is 0 Å². The van der Waals surface area contributed by atoms with Crippen LogP contribution in [0.2, 0.25) is 0 Å². The van der Waals surface area contributed by atoms with Crippen molar-refractivity contribution in [3.8, 4) is 17.4 Å². The number of rotatable bonds is 4. The van der Waals surface area contributed by atoms with Crippen molar-refractivity contribution in [3.05, 3.63) is 47.7 Å². The highest BCUT2D eigenvalue weighted by Crippen LogP contribution is 2.32. The number of hydrogen-bond acceptors (Lipinski definition) is 5. The van der Waals surface area contributed by atoms with Crippen LogP contribution in [0.5, 0.6) is 17.4 Å². The van der Waals surface area contributed by atoms with E-state index in [2.05, 4.69) is 4.98 Å². The lowest BCUT2D eigenvalue weighted by atomic mass is 10.1. The van der Waals surface area contributed by atoms with Gasteiger partial charge in [-0.1, -0.05) is 12.1 Å². The molecule has 5 heteroatoms. The van der Waals surface area contributed by atoms with Gasteiger partial charge in [-0.05, 0) is 30.7 Å². The molecule has 0 spiro atoms. The van der Waals surface area contributed by atoms with Crippen molar-refractivity contribution >= 4 is 0 Å². The summed E-state index contributed by atoms with van der Waals surface area (Å²) in [6.45, 7) is 2.59. The Kier molecular flexibility index (Phi) is 3.43. The second kappa shape index (κ2) is 5.38. The summed E-state index contributed by atoms with van der Waals surface area (Å²) in [5.74, 6) is 2.09. The number of aromatic nitrogens is 1. The molecule has 0 radical (unpaired) electrons. The van der Waals surface area contributed by atoms with Gasteiger partial charge in [0.2, 0.25) is 12.7 Å². The molecule has 1 aromatic heterocycles. The van der Waals surface area contributed by atoms with Gasteiger partial charge < -0.3 is 19.9 Å². The summed E-state index contributed by atoms with van der Waals surface area (Å²) in [7, 11) is 0. The standard InChI is InChI=1S/C15H16N2O3/c1-10(16)12-3-2-6-17-15(12)18-8-11-4-5-13-14(7-11)20-9-19-13/h2-7,10H,8-9,16H2,1H3/t10-/m1/s1. The van der Waals surface area contributed by atoms with Gasteiger partial charge in [-0.25, -0.2) is 4.98 Å². The highest BCUT2D eigenvalue weighted by molar-refractivity contribution is 5.44. The van der Waals surface area contributed by atoms with E-state index in [9.17, 15) is 0 Å². The summed E-state index contributed by atoms with van der Waals surface area (Å²) in [5.41, 5.74) is 7.79. The largest absolute Gasteiger partial charge is 0.473 e. The average molecular weight is 272 g/mol. The zero-order valence-electron chi connectivity index (χ0n) is 11.2. The number of fused-ring (bicyclic) bond motifs is 1. The predicted molar refractivity (Wildman–Crippen MR) is 73.7 cm³/mol. The highest BCUT2D eigenvalue weighted by atomic mass is 16.7. The van der Waals surface area contributed by atoms with Crippen LogP contribution < -0.4 is 19.9 Å². The summed E-state index contributed by atoms with van der Waals surface area (Å²) in [5, 5.41) is 0. The predicted octanol–water partition coefficient (Wildman–Crippen LogP) is 2.41. The third-order valence-electron chi connectivity index (χ3n) is 3.10. The quantitative estimate of drug-likeness (QED) is 0.925. The summed E-state index contributed by atoms with van der Waals surface area (Å²) in [4.78, 5) is 4.23. The maximum absolute atomic E-state index is 5.90. The molecule has 2 N–H and O–H groups in total. The molecule has 0 bridgehead atoms. The number of benzene rings is 1. The third kappa shape index (κ3) is 2.53. The van der Waals surface area contributed by atoms with Crippen LogP contribution in [0, 0.1) is 0 Å². The Morgan fingerprint density at radius 1 is 1.30 bits per heavy atom. The summed E-state index contributed by atoms with van der Waals surface area (Å²) >= 11 is 0. The minimum absolute atomic E-state index is 0.115. The molecule has 0 fully saturated rings. The van der Waals surface area contributed by atoms with Gasteiger partial charge in [0.1, 0.15) is 6.61 Å². The second-order valence-electron chi connectivity index (χ2n) is 4.66. The Balaban J connectivity index is 1.74. The van der Waals surface area contributed by atoms with Crippen LogP contribution in [-0.2, 0) is 6.61 Å². The summed E-state index contributed by atoms with van der Waals surface area (Å²) in [6.07, 6.45) is 1.70. The fraction of sp³-hybridized carbons (Fsp3) is 0.267. The van der Waals surface area contributed by atoms with Gasteiger partial charge in [0.25, 0.3) is 0 Å². The molecular formula is C15H16N2O3. The number of pyridine rings is 1. The molecule has 0 saturated carbocycles. The van der Waals surface area contributed by atoms with Gasteiger partial charge in [0.05, 0.1) is 0 Å². The lowest BCUT2D eigenvalue weighted by molar-refractivity contribution is 0.174. The topological polar surface area (TPSA) is 66.6 Å². The Morgan fingerprint density at radius 3 is 3.00 bits per heavy atom. The van der Waals surface area contributed by atoms with Gasteiger partial charge >= 0.3 is 0 Å². The summed E-state index contributed by atoms with van der Waals surface area (Å²) in [6, 6.07) is 9.40. The first-order chi connectivity index (χ1) is 9.74. The molecule has 1 aromatic carbocycles. The third-order valence-corrected chi connectivity index (χ3v) is 3.10. The van der Waals surface area contributed by atoms with E-state index >= 15 is 0 Å². The lowest BCUT2D eigenvalue weighted by Gasteiger charge is -2.12. The Bertz CT molecular complexity index is 614. The van der Waals surface area contributed by atoms with Gasteiger partial charge in [-0.3, -0.25) is 0 Å². The molecule has 1 aliphatic heterocycles. The molecule has 1 aliphatic rings. The van der Waals surface area contributed by atoms with Gasteiger partial charge in [0, 0.05) is 17.8 Å². The molecule has 2 aromatic rings. The molecule has 0 unspecified atom stereocenters. The maximum atomic E-state index is 5.90. The SMILES string of the molecule is C[C@@H](N)c1cccnc1OCc1ccc2c(c1)OCO2. The molecule has 0 aliphatic carbocycles. The van der Waals surface area contributed by atoms with E-state index in [-0.39, 0.29) is 12.8 Å². The minimum atomic E-state index is -0.115. The molecule has 1 atom stereocenters. The fourth-order valence-corrected chi connectivity index (χ4v) is 2.05. The zero-order valence-corrected chi connectivity index (χ0v) is 11.2. The molecule has 0 amide bonds. The van der Waals surface area contributed by atoms with Crippen LogP contribution in [-0.4, -0.2) is 11.8 Å². The Labute approximate surface area is 117 Å². The van der Waals surface area contributed by atoms with Crippen molar-refractivity contribution < 1.29 is 14.2 Å². The van der Waals surface area contributed by atoms with E-state index < -0.39 is 0 Å². The van der Waals surface area contributed by atoms with Gasteiger partial charge in [-0.15, -0.1) is 0 Å². The number of nitrogens with zero attached hydrogens (tertiary/aromatic N) is 1. The zero-order chi connectivity index (χ0) is 13.9. The van der Waals surface area contributed by atoms with E-state index in [1.165, 1.54) is 0 Å². The summed E-state index contributed by atoms with van der Waals surface area (Å²) < 4.78 is 16.4. The van der Waals surface area contributed by atoms with Crippen LogP contribution in [0.3, 0.4) is 0 Å². The van der Waals surface area contributed by atoms with E-state index in [0.29, 0.717) is 12.5 Å². The van der Waals surface area contributed by atoms with Gasteiger partial charge in [0.15, 0.2) is 11.5 Å². The molecule has 3 rings (SSSR count). The monoisotopic (exact) mass is 272 g/mol. The molecule has 0 saturated heterocycles. The number of ether oxygens (including phenoxy) is 3. The van der Waals surface area contributed by atoms with Crippen LogP contribution in [0.15, 0.2) is 36.5 Å². The molecule has 20 heavy (non-hydrogen) atoms. The van der Waals surface area contributed by atoms with Crippen molar-refractivity contribution in [1.82, 2.24) is 4.98 Å². The minimum Gasteiger partial charge on any atom is -0.473 e. The molecule has 104 valence electrons. The number of nitrogens with two attached hydrogens (primary N) is 1. The Hall–Kier alpha value is -2.27. The maximum Gasteiger partial charge on any atom is 0.231 e. The average Bonchev–Trinajstić information content (AvgIpc) is 2.92. The first-order valence-corrected chi connectivity index (χ1v) is 6.46. The second-order valence-corrected chi connectivity index (χ2v) is 4.66. The van der Waals surface area contributed by atoms with Crippen molar-refractivity contribution in [2.75, 3.05) is 6.79 Å². The molecule has 2 heterocycles. The van der Waals surface area contributed by atoms with E-state index in [0.717, 1.165) is 22.6 Å². The van der Waals surface area contributed by atoms with E-state index in [4.69, 9.17) is 19.9 Å². The van der Waals surface area contributed by atoms with Crippen molar-refractivity contribution in [3.63, 3.8) is 0 Å². The van der Waals surface area contributed by atoms with Gasteiger partial charge in [-0.2, -0.15) is 0 Å². The highest BCUT2D eigenvalue weighted by Gasteiger charge is 2.14. The van der Waals surface area contributed by atoms with E-state index in [1.54, 1.807) is 6.20 Å². The fourth-order valence-electron chi connectivity index (χ4n) is 2.05. The van der Waals surface area contributed by atoms with Crippen LogP contribution in [0.4, 0.5) is 0 Å². The number of hydrogen-bond donors (Lipinski definition) is 1.